The van der Waals surface area contributed by atoms with Crippen LogP contribution in [0.5, 0.6) is 0 Å². The fourth-order valence-corrected chi connectivity index (χ4v) is 2.71. The van der Waals surface area contributed by atoms with Crippen molar-refractivity contribution in [3.8, 4) is 22.9 Å². The van der Waals surface area contributed by atoms with E-state index < -0.39 is 0 Å². The van der Waals surface area contributed by atoms with E-state index in [1.807, 2.05) is 50.4 Å². The Morgan fingerprint density at radius 1 is 1.04 bits per heavy atom. The molecule has 0 saturated heterocycles. The van der Waals surface area contributed by atoms with Crippen molar-refractivity contribution in [3.63, 3.8) is 0 Å². The van der Waals surface area contributed by atoms with Crippen LogP contribution < -0.4 is 0 Å². The van der Waals surface area contributed by atoms with Crippen molar-refractivity contribution in [2.24, 2.45) is 0 Å². The van der Waals surface area contributed by atoms with Crippen molar-refractivity contribution < 1.29 is 9.21 Å². The van der Waals surface area contributed by atoms with Gasteiger partial charge in [-0.3, -0.25) is 4.79 Å². The number of carbonyl (C=O) groups excluding carboxylic acids is 1. The summed E-state index contributed by atoms with van der Waals surface area (Å²) in [5.74, 6) is 0.957. The lowest BCUT2D eigenvalue weighted by Gasteiger charge is -2.16. The van der Waals surface area contributed by atoms with E-state index >= 15 is 0 Å². The van der Waals surface area contributed by atoms with Crippen LogP contribution in [-0.2, 0) is 0 Å². The summed E-state index contributed by atoms with van der Waals surface area (Å²) in [6.45, 7) is 4.90. The molecule has 0 fully saturated rings. The number of hydrogen-bond acceptors (Lipinski definition) is 4. The SMILES string of the molecule is CCCCN(C)C(=O)c1ccc(-c2nnc(-c3cccc(C)c3)o2)cc1. The summed E-state index contributed by atoms with van der Waals surface area (Å²) in [6.07, 6.45) is 2.07. The molecule has 1 amide bonds. The van der Waals surface area contributed by atoms with E-state index in [0.29, 0.717) is 17.3 Å². The number of unbranched alkanes of at least 4 members (excludes halogenated alkanes) is 1. The van der Waals surface area contributed by atoms with E-state index in [2.05, 4.69) is 17.1 Å². The maximum Gasteiger partial charge on any atom is 0.253 e. The van der Waals surface area contributed by atoms with Crippen LogP contribution in [0.2, 0.25) is 0 Å². The summed E-state index contributed by atoms with van der Waals surface area (Å²) in [7, 11) is 1.83. The Labute approximate surface area is 153 Å². The number of aromatic nitrogens is 2. The second-order valence-corrected chi connectivity index (χ2v) is 6.44. The summed E-state index contributed by atoms with van der Waals surface area (Å²) < 4.78 is 5.79. The molecule has 0 atom stereocenters. The van der Waals surface area contributed by atoms with Crippen LogP contribution in [0.4, 0.5) is 0 Å². The molecule has 0 bridgehead atoms. The summed E-state index contributed by atoms with van der Waals surface area (Å²) in [5, 5.41) is 8.26. The molecule has 26 heavy (non-hydrogen) atoms. The molecule has 5 heteroatoms. The van der Waals surface area contributed by atoms with E-state index in [-0.39, 0.29) is 5.91 Å². The van der Waals surface area contributed by atoms with Gasteiger partial charge in [0.15, 0.2) is 0 Å². The van der Waals surface area contributed by atoms with Crippen LogP contribution >= 0.6 is 0 Å². The molecule has 0 radical (unpaired) electrons. The molecule has 0 aliphatic carbocycles. The monoisotopic (exact) mass is 349 g/mol. The van der Waals surface area contributed by atoms with Crippen molar-refractivity contribution in [2.45, 2.75) is 26.7 Å². The molecule has 0 aliphatic rings. The molecular formula is C21H23N3O2. The predicted molar refractivity (Wildman–Crippen MR) is 102 cm³/mol. The molecule has 0 N–H and O–H groups in total. The first kappa shape index (κ1) is 17.9. The number of rotatable bonds is 6. The highest BCUT2D eigenvalue weighted by atomic mass is 16.4. The lowest BCUT2D eigenvalue weighted by molar-refractivity contribution is 0.0793. The van der Waals surface area contributed by atoms with Gasteiger partial charge >= 0.3 is 0 Å². The predicted octanol–water partition coefficient (Wildman–Crippen LogP) is 4.58. The van der Waals surface area contributed by atoms with Crippen molar-refractivity contribution in [2.75, 3.05) is 13.6 Å². The van der Waals surface area contributed by atoms with E-state index in [0.717, 1.165) is 36.1 Å². The second-order valence-electron chi connectivity index (χ2n) is 6.44. The minimum absolute atomic E-state index is 0.0241. The van der Waals surface area contributed by atoms with Gasteiger partial charge in [-0.25, -0.2) is 0 Å². The van der Waals surface area contributed by atoms with Gasteiger partial charge < -0.3 is 9.32 Å². The standard InChI is InChI=1S/C21H23N3O2/c1-4-5-13-24(3)21(25)17-11-9-16(10-12-17)19-22-23-20(26-19)18-8-6-7-15(2)14-18/h6-12,14H,4-5,13H2,1-3H3. The van der Waals surface area contributed by atoms with Crippen molar-refractivity contribution in [1.82, 2.24) is 15.1 Å². The van der Waals surface area contributed by atoms with Crippen LogP contribution in [0, 0.1) is 6.92 Å². The minimum Gasteiger partial charge on any atom is -0.416 e. The number of nitrogens with zero attached hydrogens (tertiary/aromatic N) is 3. The molecule has 5 nitrogen and oxygen atoms in total. The normalized spacial score (nSPS) is 10.7. The van der Waals surface area contributed by atoms with Gasteiger partial charge in [0.25, 0.3) is 5.91 Å². The number of aryl methyl sites for hydroxylation is 1. The summed E-state index contributed by atoms with van der Waals surface area (Å²) in [6, 6.07) is 15.2. The Hall–Kier alpha value is -2.95. The molecule has 3 aromatic rings. The Morgan fingerprint density at radius 2 is 1.73 bits per heavy atom. The molecule has 0 aliphatic heterocycles. The highest BCUT2D eigenvalue weighted by Gasteiger charge is 2.14. The third-order valence-corrected chi connectivity index (χ3v) is 4.26. The number of hydrogen-bond donors (Lipinski definition) is 0. The molecule has 1 aromatic heterocycles. The quantitative estimate of drug-likeness (QED) is 0.653. The van der Waals surface area contributed by atoms with Crippen molar-refractivity contribution >= 4 is 5.91 Å². The minimum atomic E-state index is 0.0241. The van der Waals surface area contributed by atoms with Gasteiger partial charge in [-0.15, -0.1) is 10.2 Å². The lowest BCUT2D eigenvalue weighted by atomic mass is 10.1. The molecule has 2 aromatic carbocycles. The maximum atomic E-state index is 12.4. The Kier molecular flexibility index (Phi) is 5.46. The van der Waals surface area contributed by atoms with Crippen LogP contribution in [0.15, 0.2) is 52.9 Å². The van der Waals surface area contributed by atoms with Gasteiger partial charge in [0.05, 0.1) is 0 Å². The average molecular weight is 349 g/mol. The molecule has 0 saturated carbocycles. The lowest BCUT2D eigenvalue weighted by Crippen LogP contribution is -2.27. The van der Waals surface area contributed by atoms with Crippen LogP contribution in [0.1, 0.15) is 35.7 Å². The van der Waals surface area contributed by atoms with Gasteiger partial charge in [0.1, 0.15) is 0 Å². The molecule has 134 valence electrons. The zero-order valence-electron chi connectivity index (χ0n) is 15.4. The van der Waals surface area contributed by atoms with Gasteiger partial charge in [-0.2, -0.15) is 0 Å². The fraction of sp³-hybridized carbons (Fsp3) is 0.286. The highest BCUT2D eigenvalue weighted by Crippen LogP contribution is 2.24. The van der Waals surface area contributed by atoms with Gasteiger partial charge in [0, 0.05) is 30.3 Å². The first-order valence-electron chi connectivity index (χ1n) is 8.85. The zero-order valence-corrected chi connectivity index (χ0v) is 15.4. The Balaban J connectivity index is 1.76. The maximum absolute atomic E-state index is 12.4. The topological polar surface area (TPSA) is 59.2 Å². The summed E-state index contributed by atoms with van der Waals surface area (Å²) in [5.41, 5.74) is 3.49. The number of carbonyl (C=O) groups is 1. The number of amides is 1. The Morgan fingerprint density at radius 3 is 2.38 bits per heavy atom. The highest BCUT2D eigenvalue weighted by molar-refractivity contribution is 5.94. The van der Waals surface area contributed by atoms with E-state index in [1.165, 1.54) is 0 Å². The van der Waals surface area contributed by atoms with Crippen LogP contribution in [-0.4, -0.2) is 34.6 Å². The molecule has 1 heterocycles. The third-order valence-electron chi connectivity index (χ3n) is 4.26. The van der Waals surface area contributed by atoms with E-state index in [1.54, 1.807) is 17.0 Å². The molecule has 0 spiro atoms. The fourth-order valence-electron chi connectivity index (χ4n) is 2.71. The smallest absolute Gasteiger partial charge is 0.253 e. The summed E-state index contributed by atoms with van der Waals surface area (Å²) >= 11 is 0. The van der Waals surface area contributed by atoms with E-state index in [4.69, 9.17) is 4.42 Å². The summed E-state index contributed by atoms with van der Waals surface area (Å²) in [4.78, 5) is 14.1. The molecule has 0 unspecified atom stereocenters. The largest absolute Gasteiger partial charge is 0.416 e. The van der Waals surface area contributed by atoms with Gasteiger partial charge in [-0.05, 0) is 49.7 Å². The molecule has 3 rings (SSSR count). The van der Waals surface area contributed by atoms with E-state index in [9.17, 15) is 4.79 Å². The first-order chi connectivity index (χ1) is 12.6. The second kappa shape index (κ2) is 7.95. The average Bonchev–Trinajstić information content (AvgIpc) is 3.16. The van der Waals surface area contributed by atoms with Crippen LogP contribution in [0.25, 0.3) is 22.9 Å². The Bertz CT molecular complexity index is 884. The van der Waals surface area contributed by atoms with Gasteiger partial charge in [0.2, 0.25) is 11.8 Å². The van der Waals surface area contributed by atoms with Gasteiger partial charge in [-0.1, -0.05) is 31.0 Å². The van der Waals surface area contributed by atoms with Crippen LogP contribution in [0.3, 0.4) is 0 Å². The first-order valence-corrected chi connectivity index (χ1v) is 8.85. The zero-order chi connectivity index (χ0) is 18.5. The molecular weight excluding hydrogens is 326 g/mol. The van der Waals surface area contributed by atoms with Crippen molar-refractivity contribution in [1.29, 1.82) is 0 Å². The number of benzene rings is 2. The van der Waals surface area contributed by atoms with Crippen molar-refractivity contribution in [3.05, 3.63) is 59.7 Å². The third kappa shape index (κ3) is 3.99.